The number of fused-ring (bicyclic) bond motifs is 1. The van der Waals surface area contributed by atoms with Crippen LogP contribution in [0.25, 0.3) is 0 Å². The van der Waals surface area contributed by atoms with Gasteiger partial charge in [0.05, 0.1) is 0 Å². The number of urea groups is 1. The van der Waals surface area contributed by atoms with Gasteiger partial charge in [-0.25, -0.2) is 4.79 Å². The molecule has 0 bridgehead atoms. The van der Waals surface area contributed by atoms with Crippen molar-refractivity contribution in [2.75, 3.05) is 6.54 Å². The molecule has 5 nitrogen and oxygen atoms in total. The van der Waals surface area contributed by atoms with Gasteiger partial charge in [0, 0.05) is 25.2 Å². The van der Waals surface area contributed by atoms with E-state index in [-0.39, 0.29) is 5.91 Å². The molecule has 118 valence electrons. The predicted octanol–water partition coefficient (Wildman–Crippen LogP) is 2.05. The Morgan fingerprint density at radius 1 is 1.04 bits per heavy atom. The Morgan fingerprint density at radius 2 is 1.74 bits per heavy atom. The van der Waals surface area contributed by atoms with Crippen molar-refractivity contribution in [1.82, 2.24) is 10.2 Å². The molecule has 1 aliphatic heterocycles. The third-order valence-corrected chi connectivity index (χ3v) is 4.09. The van der Waals surface area contributed by atoms with Crippen LogP contribution in [0.1, 0.15) is 27.0 Å². The highest BCUT2D eigenvalue weighted by Crippen LogP contribution is 2.20. The summed E-state index contributed by atoms with van der Waals surface area (Å²) < 4.78 is 0. The third kappa shape index (κ3) is 3.51. The van der Waals surface area contributed by atoms with Gasteiger partial charge < -0.3 is 16.0 Å². The highest BCUT2D eigenvalue weighted by atomic mass is 16.2. The molecule has 0 radical (unpaired) electrons. The number of nitrogens with two attached hydrogens (primary N) is 1. The quantitative estimate of drug-likeness (QED) is 0.910. The van der Waals surface area contributed by atoms with E-state index in [1.807, 2.05) is 29.2 Å². The molecule has 5 heteroatoms. The van der Waals surface area contributed by atoms with Gasteiger partial charge in [0.15, 0.2) is 0 Å². The minimum atomic E-state index is -0.558. The van der Waals surface area contributed by atoms with Gasteiger partial charge >= 0.3 is 6.03 Å². The Hall–Kier alpha value is -2.82. The number of hydrogen-bond acceptors (Lipinski definition) is 2. The van der Waals surface area contributed by atoms with Crippen LogP contribution >= 0.6 is 0 Å². The lowest BCUT2D eigenvalue weighted by molar-refractivity contribution is 0.0734. The number of nitrogens with zero attached hydrogens (tertiary/aromatic N) is 1. The molecule has 0 fully saturated rings. The van der Waals surface area contributed by atoms with E-state index in [0.717, 1.165) is 18.5 Å². The molecule has 2 aromatic carbocycles. The van der Waals surface area contributed by atoms with Crippen molar-refractivity contribution in [1.29, 1.82) is 0 Å². The monoisotopic (exact) mass is 309 g/mol. The average molecular weight is 309 g/mol. The number of rotatable bonds is 3. The summed E-state index contributed by atoms with van der Waals surface area (Å²) in [4.78, 5) is 25.2. The first kappa shape index (κ1) is 15.1. The molecule has 0 unspecified atom stereocenters. The Balaban J connectivity index is 1.68. The van der Waals surface area contributed by atoms with E-state index in [9.17, 15) is 9.59 Å². The largest absolute Gasteiger partial charge is 0.352 e. The molecule has 3 N–H and O–H groups in total. The molecule has 0 spiro atoms. The topological polar surface area (TPSA) is 75.4 Å². The fourth-order valence-corrected chi connectivity index (χ4v) is 2.81. The standard InChI is InChI=1S/C18H19N3O2/c19-18(23)20-11-13-5-7-15(8-6-13)17(22)21-10-9-14-3-1-2-4-16(14)12-21/h1-8H,9-12H2,(H3,19,20,23). The summed E-state index contributed by atoms with van der Waals surface area (Å²) in [5.74, 6) is 0.0360. The minimum Gasteiger partial charge on any atom is -0.352 e. The molecule has 2 aromatic rings. The van der Waals surface area contributed by atoms with Gasteiger partial charge in [-0.05, 0) is 35.2 Å². The van der Waals surface area contributed by atoms with Crippen molar-refractivity contribution >= 4 is 11.9 Å². The SMILES string of the molecule is NC(=O)NCc1ccc(C(=O)N2CCc3ccccc3C2)cc1. The Kier molecular flexibility index (Phi) is 4.28. The maximum Gasteiger partial charge on any atom is 0.312 e. The van der Waals surface area contributed by atoms with Crippen LogP contribution in [-0.2, 0) is 19.5 Å². The summed E-state index contributed by atoms with van der Waals surface area (Å²) in [6.07, 6.45) is 0.891. The van der Waals surface area contributed by atoms with E-state index in [4.69, 9.17) is 5.73 Å². The lowest BCUT2D eigenvalue weighted by Crippen LogP contribution is -2.35. The van der Waals surface area contributed by atoms with Crippen molar-refractivity contribution in [2.45, 2.75) is 19.5 Å². The number of hydrogen-bond donors (Lipinski definition) is 2. The number of benzene rings is 2. The van der Waals surface area contributed by atoms with Crippen LogP contribution in [0.4, 0.5) is 4.79 Å². The molecule has 0 atom stereocenters. The predicted molar refractivity (Wildman–Crippen MR) is 87.8 cm³/mol. The van der Waals surface area contributed by atoms with Gasteiger partial charge in [0.1, 0.15) is 0 Å². The summed E-state index contributed by atoms with van der Waals surface area (Å²) >= 11 is 0. The Labute approximate surface area is 135 Å². The van der Waals surface area contributed by atoms with E-state index >= 15 is 0 Å². The maximum absolute atomic E-state index is 12.6. The lowest BCUT2D eigenvalue weighted by atomic mass is 9.99. The molecule has 0 aliphatic carbocycles. The highest BCUT2D eigenvalue weighted by Gasteiger charge is 2.21. The van der Waals surface area contributed by atoms with Gasteiger partial charge in [-0.2, -0.15) is 0 Å². The first-order valence-electron chi connectivity index (χ1n) is 7.62. The third-order valence-electron chi connectivity index (χ3n) is 4.09. The second-order valence-corrected chi connectivity index (χ2v) is 5.66. The van der Waals surface area contributed by atoms with E-state index < -0.39 is 6.03 Å². The summed E-state index contributed by atoms with van der Waals surface area (Å²) in [7, 11) is 0. The molecule has 1 aliphatic rings. The van der Waals surface area contributed by atoms with Gasteiger partial charge in [-0.15, -0.1) is 0 Å². The normalized spacial score (nSPS) is 13.3. The molecule has 3 amide bonds. The Morgan fingerprint density at radius 3 is 2.43 bits per heavy atom. The molecule has 0 aromatic heterocycles. The van der Waals surface area contributed by atoms with Crippen molar-refractivity contribution < 1.29 is 9.59 Å². The second kappa shape index (κ2) is 6.52. The number of carbonyl (C=O) groups excluding carboxylic acids is 2. The Bertz CT molecular complexity index is 725. The van der Waals surface area contributed by atoms with Gasteiger partial charge in [0.25, 0.3) is 5.91 Å². The van der Waals surface area contributed by atoms with Gasteiger partial charge in [0.2, 0.25) is 0 Å². The van der Waals surface area contributed by atoms with E-state index in [0.29, 0.717) is 18.7 Å². The second-order valence-electron chi connectivity index (χ2n) is 5.66. The van der Waals surface area contributed by atoms with Crippen molar-refractivity contribution in [3.63, 3.8) is 0 Å². The van der Waals surface area contributed by atoms with Gasteiger partial charge in [-0.1, -0.05) is 36.4 Å². The molecular formula is C18H19N3O2. The fraction of sp³-hybridized carbons (Fsp3) is 0.222. The summed E-state index contributed by atoms with van der Waals surface area (Å²) in [5, 5.41) is 2.53. The van der Waals surface area contributed by atoms with Crippen LogP contribution < -0.4 is 11.1 Å². The highest BCUT2D eigenvalue weighted by molar-refractivity contribution is 5.94. The smallest absolute Gasteiger partial charge is 0.312 e. The summed E-state index contributed by atoms with van der Waals surface area (Å²) in [6.45, 7) is 1.75. The van der Waals surface area contributed by atoms with Crippen LogP contribution in [0.3, 0.4) is 0 Å². The molecule has 0 saturated carbocycles. The molecule has 23 heavy (non-hydrogen) atoms. The van der Waals surface area contributed by atoms with Crippen molar-refractivity contribution in [2.24, 2.45) is 5.73 Å². The maximum atomic E-state index is 12.6. The number of amides is 3. The van der Waals surface area contributed by atoms with Crippen LogP contribution in [-0.4, -0.2) is 23.4 Å². The lowest BCUT2D eigenvalue weighted by Gasteiger charge is -2.29. The molecule has 0 saturated heterocycles. The zero-order chi connectivity index (χ0) is 16.2. The molecular weight excluding hydrogens is 290 g/mol. The van der Waals surface area contributed by atoms with E-state index in [2.05, 4.69) is 17.4 Å². The van der Waals surface area contributed by atoms with Crippen molar-refractivity contribution in [3.05, 3.63) is 70.8 Å². The van der Waals surface area contributed by atoms with E-state index in [1.165, 1.54) is 11.1 Å². The minimum absolute atomic E-state index is 0.0360. The first-order valence-corrected chi connectivity index (χ1v) is 7.62. The molecule has 1 heterocycles. The number of carbonyl (C=O) groups is 2. The first-order chi connectivity index (χ1) is 11.1. The fourth-order valence-electron chi connectivity index (χ4n) is 2.81. The number of nitrogens with one attached hydrogen (secondary N) is 1. The van der Waals surface area contributed by atoms with Crippen LogP contribution in [0.5, 0.6) is 0 Å². The van der Waals surface area contributed by atoms with Crippen LogP contribution in [0, 0.1) is 0 Å². The summed E-state index contributed by atoms with van der Waals surface area (Å²) in [6, 6.07) is 14.9. The zero-order valence-electron chi connectivity index (χ0n) is 12.8. The molecule has 3 rings (SSSR count). The van der Waals surface area contributed by atoms with Crippen LogP contribution in [0.15, 0.2) is 48.5 Å². The van der Waals surface area contributed by atoms with Crippen LogP contribution in [0.2, 0.25) is 0 Å². The zero-order valence-corrected chi connectivity index (χ0v) is 12.8. The van der Waals surface area contributed by atoms with E-state index in [1.54, 1.807) is 12.1 Å². The summed E-state index contributed by atoms with van der Waals surface area (Å²) in [5.41, 5.74) is 9.15. The number of primary amides is 1. The van der Waals surface area contributed by atoms with Crippen molar-refractivity contribution in [3.8, 4) is 0 Å². The van der Waals surface area contributed by atoms with Gasteiger partial charge in [-0.3, -0.25) is 4.79 Å². The average Bonchev–Trinajstić information content (AvgIpc) is 2.59.